The summed E-state index contributed by atoms with van der Waals surface area (Å²) < 4.78 is 1.66. The summed E-state index contributed by atoms with van der Waals surface area (Å²) in [6, 6.07) is 9.91. The van der Waals surface area contributed by atoms with Gasteiger partial charge in [-0.2, -0.15) is 5.10 Å². The largest absolute Gasteiger partial charge is 0.476 e. The fourth-order valence-corrected chi connectivity index (χ4v) is 3.04. The van der Waals surface area contributed by atoms with Crippen LogP contribution in [-0.4, -0.2) is 33.9 Å². The van der Waals surface area contributed by atoms with Gasteiger partial charge in [0.25, 0.3) is 0 Å². The van der Waals surface area contributed by atoms with Crippen molar-refractivity contribution in [1.29, 1.82) is 0 Å². The molecule has 5 heteroatoms. The zero-order chi connectivity index (χ0) is 14.8. The summed E-state index contributed by atoms with van der Waals surface area (Å²) in [4.78, 5) is 11.1. The second kappa shape index (κ2) is 5.69. The van der Waals surface area contributed by atoms with Crippen LogP contribution in [0.1, 0.15) is 34.8 Å². The van der Waals surface area contributed by atoms with Gasteiger partial charge in [-0.15, -0.1) is 0 Å². The minimum Gasteiger partial charge on any atom is -0.476 e. The fourth-order valence-electron chi connectivity index (χ4n) is 3.04. The summed E-state index contributed by atoms with van der Waals surface area (Å²) >= 11 is 0. The van der Waals surface area contributed by atoms with Gasteiger partial charge in [-0.3, -0.25) is 4.68 Å². The number of carboxylic acid groups (broad SMARTS) is 1. The Morgan fingerprint density at radius 3 is 2.71 bits per heavy atom. The highest BCUT2D eigenvalue weighted by atomic mass is 16.4. The zero-order valence-electron chi connectivity index (χ0n) is 12.0. The molecular weight excluding hydrogens is 266 g/mol. The van der Waals surface area contributed by atoms with Crippen LogP contribution in [-0.2, 0) is 7.05 Å². The van der Waals surface area contributed by atoms with Crippen molar-refractivity contribution in [2.75, 3.05) is 13.1 Å². The Morgan fingerprint density at radius 1 is 1.33 bits per heavy atom. The number of carbonyl (C=O) groups is 1. The highest BCUT2D eigenvalue weighted by Crippen LogP contribution is 2.34. The number of aromatic nitrogens is 2. The molecule has 5 nitrogen and oxygen atoms in total. The van der Waals surface area contributed by atoms with Crippen molar-refractivity contribution < 1.29 is 9.90 Å². The summed E-state index contributed by atoms with van der Waals surface area (Å²) in [5, 5.41) is 16.6. The van der Waals surface area contributed by atoms with Crippen molar-refractivity contribution in [3.05, 3.63) is 41.6 Å². The van der Waals surface area contributed by atoms with Crippen LogP contribution in [0.5, 0.6) is 0 Å². The van der Waals surface area contributed by atoms with E-state index >= 15 is 0 Å². The number of nitrogens with one attached hydrogen (secondary N) is 1. The molecule has 2 N–H and O–H groups in total. The molecule has 1 aliphatic rings. The van der Waals surface area contributed by atoms with Gasteiger partial charge in [0.15, 0.2) is 5.69 Å². The van der Waals surface area contributed by atoms with Crippen LogP contribution in [0, 0.1) is 0 Å². The van der Waals surface area contributed by atoms with Crippen molar-refractivity contribution in [3.8, 4) is 11.3 Å². The van der Waals surface area contributed by atoms with Gasteiger partial charge in [-0.25, -0.2) is 4.79 Å². The summed E-state index contributed by atoms with van der Waals surface area (Å²) in [6.07, 6.45) is 2.22. The lowest BCUT2D eigenvalue weighted by atomic mass is 9.86. The van der Waals surface area contributed by atoms with Crippen LogP contribution >= 0.6 is 0 Å². The van der Waals surface area contributed by atoms with Gasteiger partial charge in [0.1, 0.15) is 0 Å². The lowest BCUT2D eigenvalue weighted by molar-refractivity contribution is 0.0689. The molecule has 0 aliphatic carbocycles. The molecule has 1 aliphatic heterocycles. The van der Waals surface area contributed by atoms with E-state index in [2.05, 4.69) is 28.6 Å². The standard InChI is InChI=1S/C16H19N3O2/c1-19-15(10-14(18-19)16(20)21)13-5-3-2-4-12(13)11-6-8-17-9-7-11/h2-5,10-11,17H,6-9H2,1H3,(H,20,21). The molecule has 0 unspecified atom stereocenters. The van der Waals surface area contributed by atoms with E-state index in [1.807, 2.05) is 6.07 Å². The second-order valence-electron chi connectivity index (χ2n) is 5.46. The Labute approximate surface area is 123 Å². The first kappa shape index (κ1) is 13.8. The summed E-state index contributed by atoms with van der Waals surface area (Å²) in [7, 11) is 1.79. The number of nitrogens with zero attached hydrogens (tertiary/aromatic N) is 2. The molecular formula is C16H19N3O2. The molecule has 0 amide bonds. The van der Waals surface area contributed by atoms with Gasteiger partial charge < -0.3 is 10.4 Å². The maximum Gasteiger partial charge on any atom is 0.356 e. The molecule has 0 radical (unpaired) electrons. The van der Waals surface area contributed by atoms with Crippen LogP contribution in [0.15, 0.2) is 30.3 Å². The van der Waals surface area contributed by atoms with Crippen LogP contribution in [0.3, 0.4) is 0 Å². The first-order chi connectivity index (χ1) is 10.2. The number of hydrogen-bond acceptors (Lipinski definition) is 3. The molecule has 1 fully saturated rings. The minimum absolute atomic E-state index is 0.0904. The number of hydrogen-bond donors (Lipinski definition) is 2. The van der Waals surface area contributed by atoms with E-state index in [1.54, 1.807) is 17.8 Å². The first-order valence-electron chi connectivity index (χ1n) is 7.24. The molecule has 1 aromatic heterocycles. The van der Waals surface area contributed by atoms with Gasteiger partial charge in [-0.1, -0.05) is 24.3 Å². The van der Waals surface area contributed by atoms with Crippen molar-refractivity contribution in [1.82, 2.24) is 15.1 Å². The van der Waals surface area contributed by atoms with Gasteiger partial charge >= 0.3 is 5.97 Å². The minimum atomic E-state index is -0.990. The third-order valence-corrected chi connectivity index (χ3v) is 4.11. The first-order valence-corrected chi connectivity index (χ1v) is 7.24. The highest BCUT2D eigenvalue weighted by molar-refractivity contribution is 5.87. The van der Waals surface area contributed by atoms with Gasteiger partial charge in [-0.05, 0) is 43.5 Å². The van der Waals surface area contributed by atoms with Gasteiger partial charge in [0.05, 0.1) is 5.69 Å². The van der Waals surface area contributed by atoms with Crippen molar-refractivity contribution in [2.45, 2.75) is 18.8 Å². The second-order valence-corrected chi connectivity index (χ2v) is 5.46. The van der Waals surface area contributed by atoms with E-state index in [0.717, 1.165) is 37.2 Å². The van der Waals surface area contributed by atoms with E-state index in [0.29, 0.717) is 5.92 Å². The average molecular weight is 285 g/mol. The molecule has 0 bridgehead atoms. The number of aryl methyl sites for hydroxylation is 1. The fraction of sp³-hybridized carbons (Fsp3) is 0.375. The molecule has 21 heavy (non-hydrogen) atoms. The Hall–Kier alpha value is -2.14. The smallest absolute Gasteiger partial charge is 0.356 e. The van der Waals surface area contributed by atoms with Crippen molar-refractivity contribution in [3.63, 3.8) is 0 Å². The molecule has 1 aromatic carbocycles. The lowest BCUT2D eigenvalue weighted by Gasteiger charge is -2.25. The van der Waals surface area contributed by atoms with Crippen molar-refractivity contribution >= 4 is 5.97 Å². The van der Waals surface area contributed by atoms with Crippen LogP contribution in [0.25, 0.3) is 11.3 Å². The number of rotatable bonds is 3. The number of aromatic carboxylic acids is 1. The quantitative estimate of drug-likeness (QED) is 0.907. The predicted molar refractivity (Wildman–Crippen MR) is 80.4 cm³/mol. The molecule has 0 atom stereocenters. The lowest BCUT2D eigenvalue weighted by Crippen LogP contribution is -2.26. The van der Waals surface area contributed by atoms with Crippen molar-refractivity contribution in [2.24, 2.45) is 7.05 Å². The SMILES string of the molecule is Cn1nc(C(=O)O)cc1-c1ccccc1C1CCNCC1. The van der Waals surface area contributed by atoms with E-state index < -0.39 is 5.97 Å². The predicted octanol–water partition coefficient (Wildman–Crippen LogP) is 2.25. The molecule has 2 aromatic rings. The summed E-state index contributed by atoms with van der Waals surface area (Å²) in [6.45, 7) is 2.07. The molecule has 0 spiro atoms. The van der Waals surface area contributed by atoms with E-state index in [9.17, 15) is 4.79 Å². The zero-order valence-corrected chi connectivity index (χ0v) is 12.0. The maximum atomic E-state index is 11.1. The summed E-state index contributed by atoms with van der Waals surface area (Å²) in [5.74, 6) is -0.471. The molecule has 3 rings (SSSR count). The Balaban J connectivity index is 2.04. The molecule has 0 saturated carbocycles. The van der Waals surface area contributed by atoms with Crippen LogP contribution in [0.2, 0.25) is 0 Å². The number of piperidine rings is 1. The normalized spacial score (nSPS) is 16.0. The Kier molecular flexibility index (Phi) is 3.75. The summed E-state index contributed by atoms with van der Waals surface area (Å²) in [5.41, 5.74) is 3.33. The molecule has 110 valence electrons. The monoisotopic (exact) mass is 285 g/mol. The highest BCUT2D eigenvalue weighted by Gasteiger charge is 2.21. The Bertz CT molecular complexity index is 657. The number of benzene rings is 1. The van der Waals surface area contributed by atoms with E-state index in [-0.39, 0.29) is 5.69 Å². The maximum absolute atomic E-state index is 11.1. The van der Waals surface area contributed by atoms with Gasteiger partial charge in [0.2, 0.25) is 0 Å². The van der Waals surface area contributed by atoms with Crippen LogP contribution < -0.4 is 5.32 Å². The third-order valence-electron chi connectivity index (χ3n) is 4.11. The van der Waals surface area contributed by atoms with E-state index in [4.69, 9.17) is 5.11 Å². The Morgan fingerprint density at radius 2 is 2.05 bits per heavy atom. The van der Waals surface area contributed by atoms with E-state index in [1.165, 1.54) is 5.56 Å². The van der Waals surface area contributed by atoms with Gasteiger partial charge in [0, 0.05) is 12.6 Å². The molecule has 1 saturated heterocycles. The third kappa shape index (κ3) is 2.69. The van der Waals surface area contributed by atoms with Crippen LogP contribution in [0.4, 0.5) is 0 Å². The average Bonchev–Trinajstić information content (AvgIpc) is 2.90. The number of carboxylic acids is 1. The molecule has 2 heterocycles. The topological polar surface area (TPSA) is 67.2 Å².